The average Bonchev–Trinajstić information content (AvgIpc) is 2.48. The smallest absolute Gasteiger partial charge is 0.292 e. The molecule has 0 radical (unpaired) electrons. The minimum atomic E-state index is 0.507. The fourth-order valence-electron chi connectivity index (χ4n) is 1.63. The zero-order valence-electron chi connectivity index (χ0n) is 10.5. The predicted molar refractivity (Wildman–Crippen MR) is 74.3 cm³/mol. The van der Waals surface area contributed by atoms with Crippen LogP contribution in [0.25, 0.3) is 12.2 Å². The second kappa shape index (κ2) is 6.63. The molecule has 0 heterocycles. The third kappa shape index (κ3) is 3.63. The van der Waals surface area contributed by atoms with Crippen molar-refractivity contribution >= 4 is 12.2 Å². The lowest BCUT2D eigenvalue weighted by atomic mass is 10.1. The van der Waals surface area contributed by atoms with Gasteiger partial charge in [0.15, 0.2) is 0 Å². The number of nitriles is 2. The standard InChI is InChI=1S/C16H10N2O2/c17-11-19-15-8-6-13(7-9-15)4-5-14-2-1-3-16(10-14)20-12-18/h1-10H/b5-4+. The number of ether oxygens (including phenoxy) is 2. The molecule has 96 valence electrons. The van der Waals surface area contributed by atoms with Gasteiger partial charge in [-0.25, -0.2) is 0 Å². The fourth-order valence-corrected chi connectivity index (χ4v) is 1.63. The van der Waals surface area contributed by atoms with Gasteiger partial charge in [0.2, 0.25) is 0 Å². The van der Waals surface area contributed by atoms with Crippen molar-refractivity contribution in [1.29, 1.82) is 10.5 Å². The lowest BCUT2D eigenvalue weighted by molar-refractivity contribution is 0.507. The Morgan fingerprint density at radius 2 is 1.40 bits per heavy atom. The molecular formula is C16H10N2O2. The van der Waals surface area contributed by atoms with Gasteiger partial charge < -0.3 is 9.47 Å². The Hall–Kier alpha value is -3.24. The van der Waals surface area contributed by atoms with Gasteiger partial charge in [0.05, 0.1) is 0 Å². The van der Waals surface area contributed by atoms with Crippen LogP contribution in [0, 0.1) is 23.0 Å². The van der Waals surface area contributed by atoms with E-state index in [0.717, 1.165) is 11.1 Å². The highest BCUT2D eigenvalue weighted by Crippen LogP contribution is 2.17. The third-order valence-electron chi connectivity index (χ3n) is 2.53. The van der Waals surface area contributed by atoms with Gasteiger partial charge in [0, 0.05) is 0 Å². The number of nitrogens with zero attached hydrogens (tertiary/aromatic N) is 2. The van der Waals surface area contributed by atoms with Gasteiger partial charge in [-0.1, -0.05) is 36.4 Å². The van der Waals surface area contributed by atoms with Crippen molar-refractivity contribution in [2.24, 2.45) is 0 Å². The van der Waals surface area contributed by atoms with Crippen molar-refractivity contribution in [3.8, 4) is 24.0 Å². The highest BCUT2D eigenvalue weighted by atomic mass is 16.5. The molecule has 4 nitrogen and oxygen atoms in total. The Morgan fingerprint density at radius 1 is 0.750 bits per heavy atom. The number of hydrogen-bond donors (Lipinski definition) is 0. The molecular weight excluding hydrogens is 252 g/mol. The molecule has 0 unspecified atom stereocenters. The molecule has 0 amide bonds. The maximum Gasteiger partial charge on any atom is 0.292 e. The van der Waals surface area contributed by atoms with Crippen LogP contribution in [0.2, 0.25) is 0 Å². The lowest BCUT2D eigenvalue weighted by Crippen LogP contribution is -1.82. The van der Waals surface area contributed by atoms with E-state index in [-0.39, 0.29) is 0 Å². The Morgan fingerprint density at radius 3 is 2.10 bits per heavy atom. The van der Waals surface area contributed by atoms with Crippen molar-refractivity contribution in [1.82, 2.24) is 0 Å². The fraction of sp³-hybridized carbons (Fsp3) is 0. The normalized spacial score (nSPS) is 9.70. The van der Waals surface area contributed by atoms with E-state index in [1.165, 1.54) is 0 Å². The second-order valence-corrected chi connectivity index (χ2v) is 3.86. The monoisotopic (exact) mass is 262 g/mol. The summed E-state index contributed by atoms with van der Waals surface area (Å²) in [5.74, 6) is 1.02. The second-order valence-electron chi connectivity index (χ2n) is 3.86. The first kappa shape index (κ1) is 13.2. The average molecular weight is 262 g/mol. The SMILES string of the molecule is N#COc1ccc(/C=C/c2cccc(OC#N)c2)cc1. The molecule has 2 aromatic carbocycles. The molecule has 0 saturated carbocycles. The Balaban J connectivity index is 2.11. The summed E-state index contributed by atoms with van der Waals surface area (Å²) in [6.07, 6.45) is 7.09. The molecule has 0 bridgehead atoms. The van der Waals surface area contributed by atoms with Crippen LogP contribution in [0.5, 0.6) is 11.5 Å². The summed E-state index contributed by atoms with van der Waals surface area (Å²) in [5.41, 5.74) is 1.90. The van der Waals surface area contributed by atoms with E-state index in [4.69, 9.17) is 20.0 Å². The molecule has 0 saturated heterocycles. The van der Waals surface area contributed by atoms with Crippen LogP contribution in [0.3, 0.4) is 0 Å². The van der Waals surface area contributed by atoms with Gasteiger partial charge in [-0.15, -0.1) is 10.5 Å². The molecule has 20 heavy (non-hydrogen) atoms. The number of hydrogen-bond acceptors (Lipinski definition) is 4. The van der Waals surface area contributed by atoms with Gasteiger partial charge >= 0.3 is 0 Å². The number of benzene rings is 2. The summed E-state index contributed by atoms with van der Waals surface area (Å²) in [5, 5.41) is 16.9. The summed E-state index contributed by atoms with van der Waals surface area (Å²) < 4.78 is 9.47. The molecule has 0 atom stereocenters. The van der Waals surface area contributed by atoms with Crippen molar-refractivity contribution in [2.75, 3.05) is 0 Å². The summed E-state index contributed by atoms with van der Waals surface area (Å²) in [4.78, 5) is 0. The van der Waals surface area contributed by atoms with E-state index in [0.29, 0.717) is 11.5 Å². The Bertz CT molecular complexity index is 692. The lowest BCUT2D eigenvalue weighted by Gasteiger charge is -1.99. The molecule has 0 aliphatic rings. The topological polar surface area (TPSA) is 66.0 Å². The number of rotatable bonds is 4. The van der Waals surface area contributed by atoms with Crippen molar-refractivity contribution < 1.29 is 9.47 Å². The van der Waals surface area contributed by atoms with Crippen LogP contribution in [-0.4, -0.2) is 0 Å². The quantitative estimate of drug-likeness (QED) is 0.624. The first-order chi connectivity index (χ1) is 9.81. The van der Waals surface area contributed by atoms with E-state index in [1.807, 2.05) is 36.4 Å². The zero-order valence-corrected chi connectivity index (χ0v) is 10.5. The predicted octanol–water partition coefficient (Wildman–Crippen LogP) is 3.58. The Kier molecular flexibility index (Phi) is 4.37. The van der Waals surface area contributed by atoms with Crippen molar-refractivity contribution in [3.63, 3.8) is 0 Å². The van der Waals surface area contributed by atoms with Gasteiger partial charge in [-0.3, -0.25) is 0 Å². The van der Waals surface area contributed by atoms with Gasteiger partial charge in [0.1, 0.15) is 11.5 Å². The minimum Gasteiger partial charge on any atom is -0.388 e. The molecule has 0 aliphatic carbocycles. The zero-order chi connectivity index (χ0) is 14.2. The molecule has 2 aromatic rings. The molecule has 0 spiro atoms. The summed E-state index contributed by atoms with van der Waals surface area (Å²) >= 11 is 0. The van der Waals surface area contributed by atoms with E-state index in [9.17, 15) is 0 Å². The van der Waals surface area contributed by atoms with E-state index in [1.54, 1.807) is 36.8 Å². The summed E-state index contributed by atoms with van der Waals surface area (Å²) in [7, 11) is 0. The molecule has 2 rings (SSSR count). The summed E-state index contributed by atoms with van der Waals surface area (Å²) in [6.45, 7) is 0. The van der Waals surface area contributed by atoms with Crippen LogP contribution in [0.15, 0.2) is 48.5 Å². The largest absolute Gasteiger partial charge is 0.388 e. The summed E-state index contributed by atoms with van der Waals surface area (Å²) in [6, 6.07) is 14.3. The molecule has 0 N–H and O–H groups in total. The minimum absolute atomic E-state index is 0.507. The van der Waals surface area contributed by atoms with Crippen LogP contribution >= 0.6 is 0 Å². The Labute approximate surface area is 116 Å². The highest BCUT2D eigenvalue weighted by molar-refractivity contribution is 5.70. The third-order valence-corrected chi connectivity index (χ3v) is 2.53. The van der Waals surface area contributed by atoms with Crippen molar-refractivity contribution in [3.05, 3.63) is 59.7 Å². The molecule has 0 aliphatic heterocycles. The maximum absolute atomic E-state index is 8.46. The van der Waals surface area contributed by atoms with Crippen molar-refractivity contribution in [2.45, 2.75) is 0 Å². The first-order valence-electron chi connectivity index (χ1n) is 5.82. The van der Waals surface area contributed by atoms with E-state index < -0.39 is 0 Å². The van der Waals surface area contributed by atoms with Crippen LogP contribution < -0.4 is 9.47 Å². The van der Waals surface area contributed by atoms with Crippen LogP contribution in [0.1, 0.15) is 11.1 Å². The van der Waals surface area contributed by atoms with E-state index in [2.05, 4.69) is 0 Å². The van der Waals surface area contributed by atoms with Gasteiger partial charge in [0.25, 0.3) is 12.5 Å². The van der Waals surface area contributed by atoms with Crippen LogP contribution in [0.4, 0.5) is 0 Å². The van der Waals surface area contributed by atoms with Gasteiger partial charge in [-0.2, -0.15) is 0 Å². The van der Waals surface area contributed by atoms with Crippen LogP contribution in [-0.2, 0) is 0 Å². The van der Waals surface area contributed by atoms with E-state index >= 15 is 0 Å². The highest BCUT2D eigenvalue weighted by Gasteiger charge is 1.95. The first-order valence-corrected chi connectivity index (χ1v) is 5.82. The molecule has 0 fully saturated rings. The molecule has 0 aromatic heterocycles. The van der Waals surface area contributed by atoms with Gasteiger partial charge in [-0.05, 0) is 35.4 Å². The maximum atomic E-state index is 8.46. The molecule has 4 heteroatoms.